The number of carbonyl (C=O) groups is 1. The molecule has 0 aliphatic heterocycles. The van der Waals surface area contributed by atoms with Crippen molar-refractivity contribution in [1.29, 1.82) is 0 Å². The van der Waals surface area contributed by atoms with Crippen LogP contribution in [0.4, 0.5) is 11.4 Å². The number of benzene rings is 3. The average Bonchev–Trinajstić information content (AvgIpc) is 3.14. The lowest BCUT2D eigenvalue weighted by molar-refractivity contribution is 0.0998. The van der Waals surface area contributed by atoms with E-state index >= 15 is 0 Å². The fourth-order valence-electron chi connectivity index (χ4n) is 2.84. The molecule has 2 N–H and O–H groups in total. The van der Waals surface area contributed by atoms with Crippen LogP contribution < -0.4 is 10.0 Å². The summed E-state index contributed by atoms with van der Waals surface area (Å²) in [5.74, 6) is -0.176. The third kappa shape index (κ3) is 4.14. The van der Waals surface area contributed by atoms with Gasteiger partial charge < -0.3 is 9.73 Å². The molecule has 0 saturated carbocycles. The summed E-state index contributed by atoms with van der Waals surface area (Å²) in [6.45, 7) is 1.89. The zero-order valence-electron chi connectivity index (χ0n) is 15.5. The molecule has 146 valence electrons. The van der Waals surface area contributed by atoms with Crippen LogP contribution in [-0.4, -0.2) is 14.3 Å². The maximum absolute atomic E-state index is 12.5. The molecule has 0 unspecified atom stereocenters. The minimum absolute atomic E-state index is 0.186. The first-order chi connectivity index (χ1) is 13.9. The van der Waals surface area contributed by atoms with Crippen LogP contribution >= 0.6 is 0 Å². The Kier molecular flexibility index (Phi) is 4.82. The predicted molar refractivity (Wildman–Crippen MR) is 113 cm³/mol. The van der Waals surface area contributed by atoms with Gasteiger partial charge in [0.25, 0.3) is 15.9 Å². The van der Waals surface area contributed by atoms with Gasteiger partial charge in [0.15, 0.2) is 5.76 Å². The number of nitrogens with one attached hydrogen (secondary N) is 2. The van der Waals surface area contributed by atoms with Gasteiger partial charge in [-0.25, -0.2) is 8.42 Å². The van der Waals surface area contributed by atoms with Gasteiger partial charge in [0.05, 0.1) is 4.90 Å². The number of furan rings is 1. The van der Waals surface area contributed by atoms with Gasteiger partial charge in [0.1, 0.15) is 5.58 Å². The van der Waals surface area contributed by atoms with Crippen molar-refractivity contribution < 1.29 is 17.6 Å². The standard InChI is InChI=1S/C22H18N2O4S/c1-15-6-12-19(13-7-15)29(26,27)24-18-10-8-17(9-11-18)23-22(25)21-14-16-4-2-3-5-20(16)28-21/h2-14,24H,1H3,(H,23,25). The van der Waals surface area contributed by atoms with Crippen LogP contribution in [0.15, 0.2) is 88.2 Å². The second-order valence-corrected chi connectivity index (χ2v) is 8.28. The van der Waals surface area contributed by atoms with Crippen molar-refractivity contribution >= 4 is 38.3 Å². The second kappa shape index (κ2) is 7.44. The fraction of sp³-hybridized carbons (Fsp3) is 0.0455. The highest BCUT2D eigenvalue weighted by Crippen LogP contribution is 2.22. The van der Waals surface area contributed by atoms with Crippen molar-refractivity contribution in [3.05, 3.63) is 90.2 Å². The van der Waals surface area contributed by atoms with E-state index in [2.05, 4.69) is 10.0 Å². The molecule has 0 aliphatic carbocycles. The van der Waals surface area contributed by atoms with Crippen LogP contribution in [0.5, 0.6) is 0 Å². The quantitative estimate of drug-likeness (QED) is 0.499. The topological polar surface area (TPSA) is 88.4 Å². The molecule has 4 rings (SSSR count). The number of aryl methyl sites for hydroxylation is 1. The van der Waals surface area contributed by atoms with Crippen molar-refractivity contribution in [2.24, 2.45) is 0 Å². The van der Waals surface area contributed by atoms with Gasteiger partial charge in [-0.2, -0.15) is 0 Å². The molecule has 0 bridgehead atoms. The van der Waals surface area contributed by atoms with Gasteiger partial charge >= 0.3 is 0 Å². The van der Waals surface area contributed by atoms with Crippen molar-refractivity contribution in [3.63, 3.8) is 0 Å². The Balaban J connectivity index is 1.46. The molecule has 7 heteroatoms. The number of hydrogen-bond donors (Lipinski definition) is 2. The molecule has 0 atom stereocenters. The molecule has 1 amide bonds. The predicted octanol–water partition coefficient (Wildman–Crippen LogP) is 4.79. The zero-order chi connectivity index (χ0) is 20.4. The molecule has 1 aromatic heterocycles. The smallest absolute Gasteiger partial charge is 0.291 e. The van der Waals surface area contributed by atoms with E-state index in [4.69, 9.17) is 4.42 Å². The minimum atomic E-state index is -3.68. The summed E-state index contributed by atoms with van der Waals surface area (Å²) in [6.07, 6.45) is 0. The molecule has 4 aromatic rings. The minimum Gasteiger partial charge on any atom is -0.451 e. The van der Waals surface area contributed by atoms with Crippen molar-refractivity contribution in [3.8, 4) is 0 Å². The summed E-state index contributed by atoms with van der Waals surface area (Å²) in [5.41, 5.74) is 2.54. The third-order valence-electron chi connectivity index (χ3n) is 4.38. The summed E-state index contributed by atoms with van der Waals surface area (Å²) in [7, 11) is -3.68. The van der Waals surface area contributed by atoms with Crippen LogP contribution in [0.1, 0.15) is 16.1 Å². The molecule has 0 radical (unpaired) electrons. The number of para-hydroxylation sites is 1. The molecular formula is C22H18N2O4S. The number of sulfonamides is 1. The zero-order valence-corrected chi connectivity index (χ0v) is 16.4. The van der Waals surface area contributed by atoms with E-state index in [1.165, 1.54) is 0 Å². The Morgan fingerprint density at radius 2 is 1.52 bits per heavy atom. The van der Waals surface area contributed by atoms with Crippen LogP contribution in [0.3, 0.4) is 0 Å². The fourth-order valence-corrected chi connectivity index (χ4v) is 3.90. The Bertz CT molecular complexity index is 1240. The summed E-state index contributed by atoms with van der Waals surface area (Å²) in [4.78, 5) is 12.6. The number of carbonyl (C=O) groups excluding carboxylic acids is 1. The maximum atomic E-state index is 12.5. The lowest BCUT2D eigenvalue weighted by Crippen LogP contribution is -2.13. The van der Waals surface area contributed by atoms with Crippen LogP contribution in [0.25, 0.3) is 11.0 Å². The molecular weight excluding hydrogens is 388 g/mol. The van der Waals surface area contributed by atoms with Gasteiger partial charge in [-0.05, 0) is 55.5 Å². The van der Waals surface area contributed by atoms with Gasteiger partial charge in [-0.1, -0.05) is 35.9 Å². The van der Waals surface area contributed by atoms with E-state index < -0.39 is 10.0 Å². The molecule has 6 nitrogen and oxygen atoms in total. The number of amides is 1. The molecule has 0 spiro atoms. The maximum Gasteiger partial charge on any atom is 0.291 e. The Morgan fingerprint density at radius 3 is 2.21 bits per heavy atom. The SMILES string of the molecule is Cc1ccc(S(=O)(=O)Nc2ccc(NC(=O)c3cc4ccccc4o3)cc2)cc1. The molecule has 0 saturated heterocycles. The first-order valence-corrected chi connectivity index (χ1v) is 10.4. The van der Waals surface area contributed by atoms with Gasteiger partial charge in [-0.15, -0.1) is 0 Å². The molecule has 0 fully saturated rings. The van der Waals surface area contributed by atoms with E-state index in [-0.39, 0.29) is 16.6 Å². The molecule has 1 heterocycles. The first kappa shape index (κ1) is 18.8. The molecule has 29 heavy (non-hydrogen) atoms. The van der Waals surface area contributed by atoms with E-state index in [1.807, 2.05) is 25.1 Å². The second-order valence-electron chi connectivity index (χ2n) is 6.60. The molecule has 0 aliphatic rings. The summed E-state index contributed by atoms with van der Waals surface area (Å²) in [6, 6.07) is 22.0. The van der Waals surface area contributed by atoms with Gasteiger partial charge in [-0.3, -0.25) is 9.52 Å². The third-order valence-corrected chi connectivity index (χ3v) is 5.77. The van der Waals surface area contributed by atoms with Crippen molar-refractivity contribution in [2.45, 2.75) is 11.8 Å². The average molecular weight is 406 g/mol. The lowest BCUT2D eigenvalue weighted by Gasteiger charge is -2.09. The lowest BCUT2D eigenvalue weighted by atomic mass is 10.2. The van der Waals surface area contributed by atoms with Crippen molar-refractivity contribution in [2.75, 3.05) is 10.0 Å². The first-order valence-electron chi connectivity index (χ1n) is 8.90. The van der Waals surface area contributed by atoms with E-state index in [1.54, 1.807) is 60.7 Å². The highest BCUT2D eigenvalue weighted by Gasteiger charge is 2.15. The van der Waals surface area contributed by atoms with Crippen LogP contribution in [-0.2, 0) is 10.0 Å². The summed E-state index contributed by atoms with van der Waals surface area (Å²) >= 11 is 0. The Hall–Kier alpha value is -3.58. The van der Waals surface area contributed by atoms with Crippen molar-refractivity contribution in [1.82, 2.24) is 0 Å². The summed E-state index contributed by atoms with van der Waals surface area (Å²) in [5, 5.41) is 3.58. The largest absolute Gasteiger partial charge is 0.451 e. The number of anilines is 2. The number of fused-ring (bicyclic) bond motifs is 1. The Morgan fingerprint density at radius 1 is 0.862 bits per heavy atom. The Labute approximate surface area is 168 Å². The van der Waals surface area contributed by atoms with E-state index in [9.17, 15) is 13.2 Å². The normalized spacial score (nSPS) is 11.3. The van der Waals surface area contributed by atoms with Gasteiger partial charge in [0, 0.05) is 16.8 Å². The number of rotatable bonds is 5. The van der Waals surface area contributed by atoms with E-state index in [0.717, 1.165) is 10.9 Å². The number of hydrogen-bond acceptors (Lipinski definition) is 4. The molecule has 3 aromatic carbocycles. The highest BCUT2D eigenvalue weighted by molar-refractivity contribution is 7.92. The highest BCUT2D eigenvalue weighted by atomic mass is 32.2. The van der Waals surface area contributed by atoms with Crippen LogP contribution in [0.2, 0.25) is 0 Å². The van der Waals surface area contributed by atoms with Gasteiger partial charge in [0.2, 0.25) is 0 Å². The van der Waals surface area contributed by atoms with Crippen LogP contribution in [0, 0.1) is 6.92 Å². The monoisotopic (exact) mass is 406 g/mol. The van der Waals surface area contributed by atoms with E-state index in [0.29, 0.717) is 17.0 Å². The summed E-state index contributed by atoms with van der Waals surface area (Å²) < 4.78 is 33.0.